The molecule has 2 spiro atoms. The minimum atomic E-state index is -0.845. The molecule has 3 aromatic rings. The molecule has 2 aliphatic heterocycles. The standard InChI is InChI=1S/C19H17BrF2OS2.C12H11BrF2OS2/c20-14-10-15(21)18(22)17-13(14)6-7-16(19(17)24-8-9-25-19)23-11-12-4-2-1-3-5-12;13-7-5-8(14)11(15)10-6(7)1-2-9(16)12(10)17-3-4-18-12/h1-5,10,16H,6-9,11H2;5,9,16H,1-4H2. The van der Waals surface area contributed by atoms with Gasteiger partial charge in [0.25, 0.3) is 0 Å². The minimum Gasteiger partial charge on any atom is -0.390 e. The van der Waals surface area contributed by atoms with E-state index >= 15 is 0 Å². The summed E-state index contributed by atoms with van der Waals surface area (Å²) in [6.45, 7) is 0.488. The average Bonchev–Trinajstić information content (AvgIpc) is 3.68. The molecular weight excluding hydrogens is 768 g/mol. The molecule has 7 rings (SSSR count). The van der Waals surface area contributed by atoms with Crippen LogP contribution in [0.3, 0.4) is 0 Å². The Morgan fingerprint density at radius 3 is 1.79 bits per heavy atom. The van der Waals surface area contributed by atoms with E-state index < -0.39 is 37.5 Å². The Morgan fingerprint density at radius 2 is 1.23 bits per heavy atom. The molecule has 4 aliphatic rings. The summed E-state index contributed by atoms with van der Waals surface area (Å²) < 4.78 is 63.0. The number of fused-ring (bicyclic) bond motifs is 4. The maximum absolute atomic E-state index is 14.8. The molecule has 2 nitrogen and oxygen atoms in total. The van der Waals surface area contributed by atoms with E-state index in [2.05, 4.69) is 31.9 Å². The zero-order valence-electron chi connectivity index (χ0n) is 22.8. The van der Waals surface area contributed by atoms with Crippen molar-refractivity contribution < 1.29 is 27.4 Å². The van der Waals surface area contributed by atoms with E-state index in [4.69, 9.17) is 4.74 Å². The number of halogens is 6. The Bertz CT molecular complexity index is 1500. The van der Waals surface area contributed by atoms with Crippen molar-refractivity contribution in [2.45, 2.75) is 52.7 Å². The molecule has 0 radical (unpaired) electrons. The molecule has 2 aliphatic carbocycles. The number of aliphatic hydroxyl groups is 1. The largest absolute Gasteiger partial charge is 0.390 e. The number of benzene rings is 3. The second-order valence-corrected chi connectivity index (χ2v) is 18.2. The van der Waals surface area contributed by atoms with Crippen LogP contribution in [0.5, 0.6) is 0 Å². The molecule has 2 atom stereocenters. The molecule has 2 unspecified atom stereocenters. The van der Waals surface area contributed by atoms with Gasteiger partial charge in [0.2, 0.25) is 0 Å². The van der Waals surface area contributed by atoms with Gasteiger partial charge in [0.15, 0.2) is 23.3 Å². The summed E-state index contributed by atoms with van der Waals surface area (Å²) in [6, 6.07) is 12.4. The summed E-state index contributed by atoms with van der Waals surface area (Å²) in [5.74, 6) is 0.404. The number of rotatable bonds is 3. The second kappa shape index (κ2) is 13.4. The molecule has 0 aromatic heterocycles. The highest BCUT2D eigenvalue weighted by molar-refractivity contribution is 9.10. The van der Waals surface area contributed by atoms with Gasteiger partial charge < -0.3 is 9.84 Å². The molecule has 3 aromatic carbocycles. The molecule has 12 heteroatoms. The molecule has 43 heavy (non-hydrogen) atoms. The third-order valence-corrected chi connectivity index (χ3v) is 16.7. The lowest BCUT2D eigenvalue weighted by atomic mass is 9.88. The van der Waals surface area contributed by atoms with E-state index in [0.717, 1.165) is 46.1 Å². The Morgan fingerprint density at radius 1 is 0.744 bits per heavy atom. The maximum atomic E-state index is 14.8. The Labute approximate surface area is 282 Å². The van der Waals surface area contributed by atoms with Crippen LogP contribution in [0.4, 0.5) is 17.6 Å². The van der Waals surface area contributed by atoms with E-state index in [9.17, 15) is 22.7 Å². The Kier molecular flexibility index (Phi) is 10.2. The molecule has 2 heterocycles. The van der Waals surface area contributed by atoms with Gasteiger partial charge in [0, 0.05) is 43.1 Å². The molecular formula is C31H28Br2F4O2S4. The van der Waals surface area contributed by atoms with E-state index in [1.54, 1.807) is 23.5 Å². The summed E-state index contributed by atoms with van der Waals surface area (Å²) in [7, 11) is 0. The predicted octanol–water partition coefficient (Wildman–Crippen LogP) is 9.56. The van der Waals surface area contributed by atoms with Gasteiger partial charge in [-0.3, -0.25) is 0 Å². The first-order chi connectivity index (χ1) is 20.7. The fraction of sp³-hybridized carbons (Fsp3) is 0.419. The summed E-state index contributed by atoms with van der Waals surface area (Å²) >= 11 is 13.2. The summed E-state index contributed by atoms with van der Waals surface area (Å²) in [5, 5.41) is 10.3. The maximum Gasteiger partial charge on any atom is 0.164 e. The fourth-order valence-electron chi connectivity index (χ4n) is 6.23. The number of aliphatic hydroxyl groups excluding tert-OH is 1. The van der Waals surface area contributed by atoms with Crippen LogP contribution in [0.2, 0.25) is 0 Å². The van der Waals surface area contributed by atoms with E-state index in [1.165, 1.54) is 35.7 Å². The van der Waals surface area contributed by atoms with E-state index in [-0.39, 0.29) is 6.10 Å². The highest BCUT2D eigenvalue weighted by Crippen LogP contribution is 2.61. The third kappa shape index (κ3) is 5.98. The van der Waals surface area contributed by atoms with Gasteiger partial charge >= 0.3 is 0 Å². The predicted molar refractivity (Wildman–Crippen MR) is 179 cm³/mol. The van der Waals surface area contributed by atoms with E-state index in [1.807, 2.05) is 30.3 Å². The van der Waals surface area contributed by atoms with Crippen molar-refractivity contribution in [3.63, 3.8) is 0 Å². The van der Waals surface area contributed by atoms with Crippen molar-refractivity contribution in [1.82, 2.24) is 0 Å². The van der Waals surface area contributed by atoms with Crippen molar-refractivity contribution in [1.29, 1.82) is 0 Å². The van der Waals surface area contributed by atoms with Crippen molar-refractivity contribution in [3.8, 4) is 0 Å². The first kappa shape index (κ1) is 32.6. The fourth-order valence-corrected chi connectivity index (χ4v) is 14.4. The highest BCUT2D eigenvalue weighted by atomic mass is 79.9. The van der Waals surface area contributed by atoms with Crippen LogP contribution in [0.1, 0.15) is 40.7 Å². The van der Waals surface area contributed by atoms with E-state index in [0.29, 0.717) is 45.9 Å². The van der Waals surface area contributed by atoms with Gasteiger partial charge in [-0.15, -0.1) is 47.0 Å². The minimum absolute atomic E-state index is 0.138. The van der Waals surface area contributed by atoms with Crippen molar-refractivity contribution >= 4 is 78.9 Å². The van der Waals surface area contributed by atoms with Crippen LogP contribution in [0.15, 0.2) is 51.4 Å². The summed E-state index contributed by atoms with van der Waals surface area (Å²) in [5.41, 5.74) is 3.65. The Balaban J connectivity index is 0.000000162. The number of ether oxygens (including phenoxy) is 1. The van der Waals surface area contributed by atoms with Crippen LogP contribution in [-0.2, 0) is 32.3 Å². The highest BCUT2D eigenvalue weighted by Gasteiger charge is 2.52. The normalized spacial score (nSPS) is 23.1. The lowest BCUT2D eigenvalue weighted by Gasteiger charge is -2.41. The lowest BCUT2D eigenvalue weighted by molar-refractivity contribution is 0.0220. The SMILES string of the molecule is Fc1cc(Br)c2c(c1F)C1(SCCS1)C(OCc1ccccc1)CC2.OC1CCc2c(Br)cc(F)c(F)c2C12SCCS2. The molecule has 0 saturated carbocycles. The first-order valence-electron chi connectivity index (χ1n) is 13.9. The zero-order chi connectivity index (χ0) is 30.4. The number of thioether (sulfide) groups is 4. The third-order valence-electron chi connectivity index (χ3n) is 8.16. The molecule has 1 N–H and O–H groups in total. The van der Waals surface area contributed by atoms with Crippen LogP contribution in [0.25, 0.3) is 0 Å². The molecule has 2 fully saturated rings. The number of hydrogen-bond acceptors (Lipinski definition) is 6. The van der Waals surface area contributed by atoms with Gasteiger partial charge in [-0.2, -0.15) is 0 Å². The molecule has 2 saturated heterocycles. The second-order valence-electron chi connectivity index (χ2n) is 10.6. The molecule has 0 amide bonds. The monoisotopic (exact) mass is 794 g/mol. The smallest absolute Gasteiger partial charge is 0.164 e. The van der Waals surface area contributed by atoms with Gasteiger partial charge in [0.1, 0.15) is 8.16 Å². The quantitative estimate of drug-likeness (QED) is 0.210. The van der Waals surface area contributed by atoms with Gasteiger partial charge in [-0.05, 0) is 54.5 Å². The number of hydrogen-bond donors (Lipinski definition) is 1. The van der Waals surface area contributed by atoms with Crippen molar-refractivity contribution in [3.05, 3.63) is 102 Å². The van der Waals surface area contributed by atoms with Gasteiger partial charge in [-0.1, -0.05) is 62.2 Å². The van der Waals surface area contributed by atoms with Crippen LogP contribution in [-0.4, -0.2) is 40.3 Å². The topological polar surface area (TPSA) is 29.5 Å². The van der Waals surface area contributed by atoms with Crippen molar-refractivity contribution in [2.75, 3.05) is 23.0 Å². The summed E-state index contributed by atoms with van der Waals surface area (Å²) in [6.07, 6.45) is 1.92. The average molecular weight is 797 g/mol. The van der Waals surface area contributed by atoms with Crippen LogP contribution >= 0.6 is 78.9 Å². The zero-order valence-corrected chi connectivity index (χ0v) is 29.3. The van der Waals surface area contributed by atoms with Gasteiger partial charge in [-0.25, -0.2) is 17.6 Å². The Hall–Kier alpha value is -0.340. The first-order valence-corrected chi connectivity index (χ1v) is 19.4. The van der Waals surface area contributed by atoms with Gasteiger partial charge in [0.05, 0.1) is 18.8 Å². The van der Waals surface area contributed by atoms with Crippen LogP contribution < -0.4 is 0 Å². The van der Waals surface area contributed by atoms with Crippen molar-refractivity contribution in [2.24, 2.45) is 0 Å². The lowest BCUT2D eigenvalue weighted by Crippen LogP contribution is -2.40. The summed E-state index contributed by atoms with van der Waals surface area (Å²) in [4.78, 5) is 0. The molecule has 230 valence electrons. The van der Waals surface area contributed by atoms with Crippen LogP contribution in [0, 0.1) is 23.3 Å². The molecule has 0 bridgehead atoms.